The number of para-hydroxylation sites is 3. The van der Waals surface area contributed by atoms with Gasteiger partial charge in [-0.05, 0) is 79.1 Å². The standard InChI is InChI=1S/C41H32N4O6/c1-3-25(4-2)45-39(48)34-31(41(50)51-29-18-12-7-13-19-29)22-23-33(35(34)40(45)49)42-43-36-37(46)30-21-20-28(24-32(30)38(36)47)44(26-14-8-5-9-15-26)27-16-10-6-11-17-27/h5-25,46H,3-4H2,1-2H3/p-1. The molecule has 1 heterocycles. The molecule has 0 atom stereocenters. The Morgan fingerprint density at radius 2 is 1.29 bits per heavy atom. The van der Waals surface area contributed by atoms with E-state index < -0.39 is 41.1 Å². The molecule has 10 nitrogen and oxygen atoms in total. The Balaban J connectivity index is 1.25. The molecule has 51 heavy (non-hydrogen) atoms. The summed E-state index contributed by atoms with van der Waals surface area (Å²) in [6.45, 7) is 3.72. The highest BCUT2D eigenvalue weighted by Gasteiger charge is 2.44. The average Bonchev–Trinajstić information content (AvgIpc) is 3.56. The fourth-order valence-corrected chi connectivity index (χ4v) is 6.46. The van der Waals surface area contributed by atoms with Crippen molar-refractivity contribution in [2.45, 2.75) is 32.7 Å². The van der Waals surface area contributed by atoms with E-state index in [0.717, 1.165) is 16.3 Å². The molecule has 0 aromatic heterocycles. The quantitative estimate of drug-likeness (QED) is 0.0631. The third-order valence-electron chi connectivity index (χ3n) is 9.00. The number of carbonyl (C=O) groups is 4. The number of ketones is 1. The summed E-state index contributed by atoms with van der Waals surface area (Å²) in [7, 11) is 0. The van der Waals surface area contributed by atoms with Crippen LogP contribution in [0.5, 0.6) is 5.75 Å². The molecule has 0 unspecified atom stereocenters. The lowest BCUT2D eigenvalue weighted by atomic mass is 10.0. The molecule has 0 radical (unpaired) electrons. The number of nitrogens with zero attached hydrogens (tertiary/aromatic N) is 4. The molecule has 1 aliphatic heterocycles. The number of fused-ring (bicyclic) bond motifs is 2. The van der Waals surface area contributed by atoms with Crippen molar-refractivity contribution in [2.24, 2.45) is 10.2 Å². The minimum absolute atomic E-state index is 0.0582. The molecule has 0 fully saturated rings. The van der Waals surface area contributed by atoms with Gasteiger partial charge in [0.1, 0.15) is 11.4 Å². The zero-order chi connectivity index (χ0) is 35.6. The Kier molecular flexibility index (Phi) is 8.81. The molecule has 5 aromatic rings. The van der Waals surface area contributed by atoms with E-state index in [1.165, 1.54) is 12.1 Å². The Hall–Kier alpha value is -6.68. The number of ether oxygens (including phenoxy) is 1. The van der Waals surface area contributed by atoms with Crippen LogP contribution in [-0.2, 0) is 0 Å². The van der Waals surface area contributed by atoms with Crippen LogP contribution in [0.1, 0.15) is 73.7 Å². The van der Waals surface area contributed by atoms with Gasteiger partial charge in [0.15, 0.2) is 0 Å². The summed E-state index contributed by atoms with van der Waals surface area (Å²) < 4.78 is 5.51. The molecule has 0 saturated heterocycles. The number of Topliss-reactive ketones (excluding diaryl/α,β-unsaturated/α-hetero) is 1. The van der Waals surface area contributed by atoms with Gasteiger partial charge in [0.05, 0.1) is 22.4 Å². The highest BCUT2D eigenvalue weighted by Crippen LogP contribution is 2.40. The van der Waals surface area contributed by atoms with Gasteiger partial charge in [-0.3, -0.25) is 19.3 Å². The van der Waals surface area contributed by atoms with Crippen molar-refractivity contribution in [1.29, 1.82) is 0 Å². The third kappa shape index (κ3) is 5.86. The first-order valence-corrected chi connectivity index (χ1v) is 16.6. The van der Waals surface area contributed by atoms with Crippen LogP contribution in [0.25, 0.3) is 5.76 Å². The fourth-order valence-electron chi connectivity index (χ4n) is 6.46. The number of imide groups is 1. The topological polar surface area (TPSA) is 132 Å². The summed E-state index contributed by atoms with van der Waals surface area (Å²) >= 11 is 0. The zero-order valence-electron chi connectivity index (χ0n) is 27.8. The number of hydrogen-bond donors (Lipinski definition) is 0. The van der Waals surface area contributed by atoms with Gasteiger partial charge in [0, 0.05) is 28.7 Å². The molecular formula is C41H31N4O6-. The predicted molar refractivity (Wildman–Crippen MR) is 190 cm³/mol. The number of carbonyl (C=O) groups excluding carboxylic acids is 4. The average molecular weight is 676 g/mol. The maximum atomic E-state index is 13.9. The van der Waals surface area contributed by atoms with E-state index in [9.17, 15) is 24.3 Å². The second-order valence-corrected chi connectivity index (χ2v) is 12.0. The Bertz CT molecular complexity index is 2210. The normalized spacial score (nSPS) is 13.7. The first kappa shape index (κ1) is 32.8. The molecule has 0 saturated carbocycles. The summed E-state index contributed by atoms with van der Waals surface area (Å²) in [6.07, 6.45) is 0.992. The molecule has 10 heteroatoms. The molecule has 2 aliphatic rings. The van der Waals surface area contributed by atoms with Crippen LogP contribution in [0.2, 0.25) is 0 Å². The summed E-state index contributed by atoms with van der Waals surface area (Å²) in [6, 6.07) is 34.9. The zero-order valence-corrected chi connectivity index (χ0v) is 27.8. The summed E-state index contributed by atoms with van der Waals surface area (Å²) in [5.74, 6) is -3.09. The first-order chi connectivity index (χ1) is 24.8. The number of benzene rings is 5. The van der Waals surface area contributed by atoms with Crippen molar-refractivity contribution in [1.82, 2.24) is 4.90 Å². The molecular weight excluding hydrogens is 644 g/mol. The van der Waals surface area contributed by atoms with Gasteiger partial charge in [-0.1, -0.05) is 80.3 Å². The Morgan fingerprint density at radius 3 is 1.90 bits per heavy atom. The largest absolute Gasteiger partial charge is 0.870 e. The van der Waals surface area contributed by atoms with Crippen LogP contribution < -0.4 is 14.7 Å². The van der Waals surface area contributed by atoms with Gasteiger partial charge < -0.3 is 14.7 Å². The highest BCUT2D eigenvalue weighted by atomic mass is 16.5. The minimum atomic E-state index is -0.824. The van der Waals surface area contributed by atoms with E-state index in [-0.39, 0.29) is 39.3 Å². The van der Waals surface area contributed by atoms with Gasteiger partial charge in [-0.15, -0.1) is 10.2 Å². The summed E-state index contributed by atoms with van der Waals surface area (Å²) in [5, 5.41) is 21.8. The lowest BCUT2D eigenvalue weighted by molar-refractivity contribution is -0.244. The second-order valence-electron chi connectivity index (χ2n) is 12.0. The molecule has 0 N–H and O–H groups in total. The molecule has 1 aliphatic carbocycles. The third-order valence-corrected chi connectivity index (χ3v) is 9.00. The van der Waals surface area contributed by atoms with Gasteiger partial charge in [0.2, 0.25) is 5.78 Å². The van der Waals surface area contributed by atoms with Crippen molar-refractivity contribution in [3.05, 3.63) is 155 Å². The smallest absolute Gasteiger partial charge is 0.344 e. The fraction of sp³-hybridized carbons (Fsp3) is 0.122. The van der Waals surface area contributed by atoms with Crippen LogP contribution in [0, 0.1) is 0 Å². The van der Waals surface area contributed by atoms with Crippen molar-refractivity contribution >= 4 is 52.1 Å². The summed E-state index contributed by atoms with van der Waals surface area (Å²) in [5.41, 5.74) is 1.82. The number of azo groups is 1. The van der Waals surface area contributed by atoms with Crippen molar-refractivity contribution < 1.29 is 29.0 Å². The lowest BCUT2D eigenvalue weighted by Crippen LogP contribution is -2.39. The maximum Gasteiger partial charge on any atom is 0.344 e. The van der Waals surface area contributed by atoms with E-state index in [2.05, 4.69) is 10.2 Å². The predicted octanol–water partition coefficient (Wildman–Crippen LogP) is 8.17. The van der Waals surface area contributed by atoms with Gasteiger partial charge in [-0.2, -0.15) is 0 Å². The molecule has 0 spiro atoms. The number of allylic oxidation sites excluding steroid dienone is 1. The van der Waals surface area contributed by atoms with Crippen LogP contribution in [0.4, 0.5) is 22.7 Å². The number of anilines is 3. The Morgan fingerprint density at radius 1 is 0.706 bits per heavy atom. The maximum absolute atomic E-state index is 13.9. The molecule has 0 bridgehead atoms. The lowest BCUT2D eigenvalue weighted by Gasteiger charge is -2.26. The van der Waals surface area contributed by atoms with Gasteiger partial charge in [-0.25, -0.2) is 4.79 Å². The Labute approximate surface area is 293 Å². The molecule has 2 amide bonds. The van der Waals surface area contributed by atoms with E-state index in [1.807, 2.05) is 79.4 Å². The van der Waals surface area contributed by atoms with Crippen molar-refractivity contribution in [3.63, 3.8) is 0 Å². The van der Waals surface area contributed by atoms with Crippen molar-refractivity contribution in [2.75, 3.05) is 4.90 Å². The minimum Gasteiger partial charge on any atom is -0.870 e. The first-order valence-electron chi connectivity index (χ1n) is 16.6. The number of amides is 2. The van der Waals surface area contributed by atoms with Gasteiger partial charge in [0.25, 0.3) is 11.8 Å². The van der Waals surface area contributed by atoms with Crippen LogP contribution in [-0.4, -0.2) is 34.5 Å². The van der Waals surface area contributed by atoms with Crippen LogP contribution in [0.3, 0.4) is 0 Å². The molecule has 252 valence electrons. The summed E-state index contributed by atoms with van der Waals surface area (Å²) in [4.78, 5) is 57.9. The molecule has 5 aromatic carbocycles. The van der Waals surface area contributed by atoms with E-state index in [1.54, 1.807) is 48.5 Å². The van der Waals surface area contributed by atoms with E-state index in [4.69, 9.17) is 4.74 Å². The van der Waals surface area contributed by atoms with E-state index >= 15 is 0 Å². The van der Waals surface area contributed by atoms with Gasteiger partial charge >= 0.3 is 5.97 Å². The van der Waals surface area contributed by atoms with Crippen LogP contribution in [0.15, 0.2) is 137 Å². The molecule has 7 rings (SSSR count). The number of rotatable bonds is 10. The number of hydrogen-bond acceptors (Lipinski definition) is 9. The van der Waals surface area contributed by atoms with Crippen molar-refractivity contribution in [3.8, 4) is 5.75 Å². The number of esters is 1. The second kappa shape index (κ2) is 13.7. The SMILES string of the molecule is CCC(CC)N1C(=O)c2c(N=NC3=C([O-])c4ccc(N(c5ccccc5)c5ccccc5)cc4C3=O)ccc(C(=O)Oc3ccccc3)c2C1=O. The van der Waals surface area contributed by atoms with E-state index in [0.29, 0.717) is 18.5 Å². The highest BCUT2D eigenvalue weighted by molar-refractivity contribution is 6.27. The monoisotopic (exact) mass is 675 g/mol. The van der Waals surface area contributed by atoms with Crippen LogP contribution >= 0.6 is 0 Å².